The summed E-state index contributed by atoms with van der Waals surface area (Å²) in [5.74, 6) is -0.518. The normalized spacial score (nSPS) is 19.0. The Labute approximate surface area is 228 Å². The SMILES string of the molecule is C=CCN1C(=O)NC(c2ccc(Cl)c(Cl)c2)C(C(=O)OCC)=C1CN1CCCN(C(=O)NC(C)C)CC1. The summed E-state index contributed by atoms with van der Waals surface area (Å²) < 4.78 is 5.44. The molecule has 1 saturated heterocycles. The van der Waals surface area contributed by atoms with Gasteiger partial charge < -0.3 is 20.3 Å². The second-order valence-corrected chi connectivity index (χ2v) is 10.1. The van der Waals surface area contributed by atoms with E-state index < -0.39 is 12.0 Å². The van der Waals surface area contributed by atoms with Crippen LogP contribution in [-0.2, 0) is 9.53 Å². The van der Waals surface area contributed by atoms with E-state index >= 15 is 0 Å². The number of urea groups is 2. The number of hydrogen-bond donors (Lipinski definition) is 2. The minimum Gasteiger partial charge on any atom is -0.463 e. The molecule has 3 rings (SSSR count). The fourth-order valence-corrected chi connectivity index (χ4v) is 4.78. The van der Waals surface area contributed by atoms with Crippen molar-refractivity contribution in [2.45, 2.75) is 39.3 Å². The number of halogens is 2. The van der Waals surface area contributed by atoms with Crippen LogP contribution < -0.4 is 10.6 Å². The first kappa shape index (κ1) is 28.8. The zero-order valence-corrected chi connectivity index (χ0v) is 23.1. The topological polar surface area (TPSA) is 94.2 Å². The van der Waals surface area contributed by atoms with Gasteiger partial charge in [0.15, 0.2) is 0 Å². The van der Waals surface area contributed by atoms with E-state index in [1.54, 1.807) is 36.1 Å². The van der Waals surface area contributed by atoms with Crippen molar-refractivity contribution in [3.63, 3.8) is 0 Å². The van der Waals surface area contributed by atoms with Crippen LogP contribution in [0.1, 0.15) is 38.8 Å². The lowest BCUT2D eigenvalue weighted by molar-refractivity contribution is -0.139. The molecule has 0 aromatic heterocycles. The molecule has 1 unspecified atom stereocenters. The number of carbonyl (C=O) groups is 3. The molecule has 2 N–H and O–H groups in total. The van der Waals surface area contributed by atoms with Crippen LogP contribution in [0.25, 0.3) is 0 Å². The Balaban J connectivity index is 1.98. The van der Waals surface area contributed by atoms with Crippen molar-refractivity contribution in [1.29, 1.82) is 0 Å². The van der Waals surface area contributed by atoms with Crippen LogP contribution in [0.3, 0.4) is 0 Å². The summed E-state index contributed by atoms with van der Waals surface area (Å²) in [5, 5.41) is 6.55. The summed E-state index contributed by atoms with van der Waals surface area (Å²) in [6.45, 7) is 12.6. The van der Waals surface area contributed by atoms with Crippen molar-refractivity contribution < 1.29 is 19.1 Å². The van der Waals surface area contributed by atoms with Crippen LogP contribution in [0.2, 0.25) is 10.0 Å². The first-order valence-electron chi connectivity index (χ1n) is 12.5. The monoisotopic (exact) mass is 551 g/mol. The van der Waals surface area contributed by atoms with E-state index in [0.717, 1.165) is 6.42 Å². The van der Waals surface area contributed by atoms with Crippen molar-refractivity contribution in [2.75, 3.05) is 45.9 Å². The van der Waals surface area contributed by atoms with Gasteiger partial charge in [-0.25, -0.2) is 14.4 Å². The third-order valence-corrected chi connectivity index (χ3v) is 6.92. The fraction of sp³-hybridized carbons (Fsp3) is 0.500. The number of hydrogen-bond acceptors (Lipinski definition) is 5. The lowest BCUT2D eigenvalue weighted by atomic mass is 9.94. The van der Waals surface area contributed by atoms with Crippen LogP contribution in [0.5, 0.6) is 0 Å². The molecule has 0 radical (unpaired) electrons. The van der Waals surface area contributed by atoms with E-state index in [4.69, 9.17) is 27.9 Å². The zero-order valence-electron chi connectivity index (χ0n) is 21.6. The van der Waals surface area contributed by atoms with Crippen molar-refractivity contribution in [2.24, 2.45) is 0 Å². The third-order valence-electron chi connectivity index (χ3n) is 6.18. The predicted molar refractivity (Wildman–Crippen MR) is 145 cm³/mol. The van der Waals surface area contributed by atoms with Crippen LogP contribution in [0.15, 0.2) is 42.1 Å². The van der Waals surface area contributed by atoms with Gasteiger partial charge in [-0.15, -0.1) is 6.58 Å². The lowest BCUT2D eigenvalue weighted by Gasteiger charge is -2.38. The maximum atomic E-state index is 13.3. The number of benzene rings is 1. The average Bonchev–Trinajstić information content (AvgIpc) is 3.08. The highest BCUT2D eigenvalue weighted by Gasteiger charge is 2.38. The summed E-state index contributed by atoms with van der Waals surface area (Å²) in [7, 11) is 0. The van der Waals surface area contributed by atoms with Crippen molar-refractivity contribution in [1.82, 2.24) is 25.3 Å². The van der Waals surface area contributed by atoms with Crippen molar-refractivity contribution in [3.8, 4) is 0 Å². The van der Waals surface area contributed by atoms with E-state index in [1.807, 2.05) is 13.8 Å². The van der Waals surface area contributed by atoms with Crippen molar-refractivity contribution in [3.05, 3.63) is 57.7 Å². The second kappa shape index (κ2) is 13.2. The number of nitrogens with one attached hydrogen (secondary N) is 2. The minimum absolute atomic E-state index is 0.0515. The van der Waals surface area contributed by atoms with Crippen LogP contribution in [-0.4, -0.2) is 84.6 Å². The third kappa shape index (κ3) is 7.18. The van der Waals surface area contributed by atoms with Crippen LogP contribution in [0, 0.1) is 0 Å². The highest BCUT2D eigenvalue weighted by atomic mass is 35.5. The van der Waals surface area contributed by atoms with Gasteiger partial charge in [-0.3, -0.25) is 9.80 Å². The first-order chi connectivity index (χ1) is 17.7. The molecule has 37 heavy (non-hydrogen) atoms. The van der Waals surface area contributed by atoms with Gasteiger partial charge in [-0.05, 0) is 44.9 Å². The van der Waals surface area contributed by atoms with E-state index in [-0.39, 0.29) is 31.3 Å². The average molecular weight is 553 g/mol. The van der Waals surface area contributed by atoms with E-state index in [2.05, 4.69) is 22.1 Å². The second-order valence-electron chi connectivity index (χ2n) is 9.26. The van der Waals surface area contributed by atoms with E-state index in [0.29, 0.717) is 59.6 Å². The molecule has 2 aliphatic rings. The molecule has 1 atom stereocenters. The van der Waals surface area contributed by atoms with Crippen molar-refractivity contribution >= 4 is 41.2 Å². The molecular weight excluding hydrogens is 517 g/mol. The van der Waals surface area contributed by atoms with Gasteiger partial charge in [0.25, 0.3) is 0 Å². The highest BCUT2D eigenvalue weighted by Crippen LogP contribution is 2.35. The molecule has 0 spiro atoms. The molecule has 4 amide bonds. The van der Waals surface area contributed by atoms with Gasteiger partial charge in [0.05, 0.1) is 28.3 Å². The van der Waals surface area contributed by atoms with Gasteiger partial charge >= 0.3 is 18.0 Å². The molecule has 0 bridgehead atoms. The molecule has 1 aromatic rings. The van der Waals surface area contributed by atoms with E-state index in [1.165, 1.54) is 4.90 Å². The Kier molecular flexibility index (Phi) is 10.3. The van der Waals surface area contributed by atoms with Gasteiger partial charge in [0, 0.05) is 51.0 Å². The largest absolute Gasteiger partial charge is 0.463 e. The maximum absolute atomic E-state index is 13.3. The van der Waals surface area contributed by atoms with Gasteiger partial charge in [-0.1, -0.05) is 35.3 Å². The molecule has 202 valence electrons. The molecule has 11 heteroatoms. The minimum atomic E-state index is -0.766. The summed E-state index contributed by atoms with van der Waals surface area (Å²) in [4.78, 5) is 44.6. The Morgan fingerprint density at radius 3 is 2.62 bits per heavy atom. The molecule has 0 saturated carbocycles. The molecule has 9 nitrogen and oxygen atoms in total. The Bertz CT molecular complexity index is 1060. The Hall–Kier alpha value is -2.75. The Morgan fingerprint density at radius 1 is 1.22 bits per heavy atom. The fourth-order valence-electron chi connectivity index (χ4n) is 4.47. The molecule has 2 aliphatic heterocycles. The van der Waals surface area contributed by atoms with Crippen LogP contribution >= 0.6 is 23.2 Å². The zero-order chi connectivity index (χ0) is 27.1. The maximum Gasteiger partial charge on any atom is 0.338 e. The predicted octanol–water partition coefficient (Wildman–Crippen LogP) is 4.19. The lowest BCUT2D eigenvalue weighted by Crippen LogP contribution is -2.51. The quantitative estimate of drug-likeness (QED) is 0.373. The number of nitrogens with zero attached hydrogens (tertiary/aromatic N) is 3. The number of esters is 1. The molecule has 1 aromatic carbocycles. The molecule has 1 fully saturated rings. The highest BCUT2D eigenvalue weighted by molar-refractivity contribution is 6.42. The number of carbonyl (C=O) groups excluding carboxylic acids is 3. The smallest absolute Gasteiger partial charge is 0.338 e. The number of rotatable bonds is 8. The van der Waals surface area contributed by atoms with Gasteiger partial charge in [0.2, 0.25) is 0 Å². The molecular formula is C26H35Cl2N5O4. The standard InChI is InChI=1S/C26H35Cl2N5O4/c1-5-10-33-21(16-31-11-7-12-32(14-13-31)25(35)29-17(3)4)22(24(34)37-6-2)23(30-26(33)36)18-8-9-19(27)20(28)15-18/h5,8-9,15,17,23H,1,6-7,10-14,16H2,2-4H3,(H,29,35)(H,30,36). The Morgan fingerprint density at radius 2 is 1.97 bits per heavy atom. The van der Waals surface area contributed by atoms with E-state index in [9.17, 15) is 14.4 Å². The van der Waals surface area contributed by atoms with Gasteiger partial charge in [-0.2, -0.15) is 0 Å². The molecule has 0 aliphatic carbocycles. The first-order valence-corrected chi connectivity index (χ1v) is 13.2. The summed E-state index contributed by atoms with van der Waals surface area (Å²) in [5.41, 5.74) is 1.49. The van der Waals surface area contributed by atoms with Gasteiger partial charge in [0.1, 0.15) is 0 Å². The van der Waals surface area contributed by atoms with Crippen LogP contribution in [0.4, 0.5) is 9.59 Å². The number of ether oxygens (including phenoxy) is 1. The molecule has 2 heterocycles. The summed E-state index contributed by atoms with van der Waals surface area (Å²) >= 11 is 12.4. The summed E-state index contributed by atoms with van der Waals surface area (Å²) in [6, 6.07) is 3.85. The summed E-state index contributed by atoms with van der Waals surface area (Å²) in [6.07, 6.45) is 2.37. The number of amides is 4.